The van der Waals surface area contributed by atoms with E-state index in [1.807, 2.05) is 37.0 Å². The van der Waals surface area contributed by atoms with Gasteiger partial charge in [0.15, 0.2) is 0 Å². The summed E-state index contributed by atoms with van der Waals surface area (Å²) in [7, 11) is 1.78. The molecule has 0 N–H and O–H groups in total. The third-order valence-electron chi connectivity index (χ3n) is 8.06. The van der Waals surface area contributed by atoms with E-state index in [0.29, 0.717) is 12.0 Å². The van der Waals surface area contributed by atoms with E-state index in [0.717, 1.165) is 49.5 Å². The number of benzene rings is 2. The predicted octanol–water partition coefficient (Wildman–Crippen LogP) is 5.55. The molecule has 2 aromatic carbocycles. The van der Waals surface area contributed by atoms with Crippen LogP contribution >= 0.6 is 0 Å². The van der Waals surface area contributed by atoms with Gasteiger partial charge >= 0.3 is 0 Å². The van der Waals surface area contributed by atoms with Crippen molar-refractivity contribution < 1.29 is 9.53 Å². The molecule has 3 atom stereocenters. The van der Waals surface area contributed by atoms with Crippen LogP contribution in [0.4, 0.5) is 11.4 Å². The third kappa shape index (κ3) is 3.28. The summed E-state index contributed by atoms with van der Waals surface area (Å²) in [5.41, 5.74) is 4.39. The van der Waals surface area contributed by atoms with Crippen LogP contribution in [0.25, 0.3) is 0 Å². The molecule has 2 aromatic rings. The number of hydrogen-bond acceptors (Lipinski definition) is 4. The van der Waals surface area contributed by atoms with E-state index >= 15 is 0 Å². The van der Waals surface area contributed by atoms with Crippen LogP contribution in [-0.4, -0.2) is 54.2 Å². The molecule has 2 fully saturated rings. The lowest BCUT2D eigenvalue weighted by Gasteiger charge is -2.58. The van der Waals surface area contributed by atoms with E-state index in [9.17, 15) is 4.79 Å². The summed E-state index contributed by atoms with van der Waals surface area (Å²) in [4.78, 5) is 20.0. The van der Waals surface area contributed by atoms with Crippen molar-refractivity contribution in [3.8, 4) is 5.75 Å². The second-order valence-electron chi connectivity index (χ2n) is 9.51. The topological polar surface area (TPSA) is 36.0 Å². The van der Waals surface area contributed by atoms with E-state index in [4.69, 9.17) is 4.74 Å². The Bertz CT molecular complexity index is 1050. The van der Waals surface area contributed by atoms with Gasteiger partial charge in [0.05, 0.1) is 12.8 Å². The monoisotopic (exact) mass is 445 g/mol. The van der Waals surface area contributed by atoms with Crippen LogP contribution in [0.2, 0.25) is 0 Å². The Hall–Kier alpha value is -2.79. The Morgan fingerprint density at radius 2 is 1.97 bits per heavy atom. The molecule has 3 aliphatic rings. The zero-order valence-corrected chi connectivity index (χ0v) is 20.1. The Labute approximate surface area is 197 Å². The number of hydrogen-bond donors (Lipinski definition) is 0. The first kappa shape index (κ1) is 22.0. The lowest BCUT2D eigenvalue weighted by Crippen LogP contribution is -2.63. The molecule has 2 saturated heterocycles. The molecule has 3 aliphatic heterocycles. The number of carbonyl (C=O) groups is 1. The highest BCUT2D eigenvalue weighted by Gasteiger charge is 2.58. The molecule has 0 aliphatic carbocycles. The fourth-order valence-electron chi connectivity index (χ4n) is 6.68. The summed E-state index contributed by atoms with van der Waals surface area (Å²) < 4.78 is 5.85. The highest BCUT2D eigenvalue weighted by Crippen LogP contribution is 2.61. The first-order valence-electron chi connectivity index (χ1n) is 12.3. The van der Waals surface area contributed by atoms with Gasteiger partial charge in [0, 0.05) is 48.2 Å². The van der Waals surface area contributed by atoms with Crippen molar-refractivity contribution in [1.29, 1.82) is 0 Å². The molecule has 33 heavy (non-hydrogen) atoms. The molecule has 3 unspecified atom stereocenters. The fraction of sp³-hybridized carbons (Fsp3) is 0.464. The lowest BCUT2D eigenvalue weighted by molar-refractivity contribution is 0.0511. The summed E-state index contributed by atoms with van der Waals surface area (Å²) in [5, 5.41) is 0. The normalized spacial score (nSPS) is 25.5. The number of anilines is 2. The maximum Gasteiger partial charge on any atom is 0.253 e. The van der Waals surface area contributed by atoms with Gasteiger partial charge in [-0.25, -0.2) is 0 Å². The number of amides is 1. The van der Waals surface area contributed by atoms with Gasteiger partial charge in [-0.15, -0.1) is 6.58 Å². The number of methoxy groups -OCH3 is 1. The minimum Gasteiger partial charge on any atom is -0.496 e. The van der Waals surface area contributed by atoms with Gasteiger partial charge in [0.2, 0.25) is 0 Å². The second-order valence-corrected chi connectivity index (χ2v) is 9.51. The van der Waals surface area contributed by atoms with Crippen LogP contribution in [0.1, 0.15) is 61.4 Å². The zero-order chi connectivity index (χ0) is 23.2. The van der Waals surface area contributed by atoms with Crippen LogP contribution in [0, 0.1) is 0 Å². The quantitative estimate of drug-likeness (QED) is 0.523. The van der Waals surface area contributed by atoms with E-state index in [-0.39, 0.29) is 11.6 Å². The minimum absolute atomic E-state index is 0.0640. The van der Waals surface area contributed by atoms with Gasteiger partial charge in [-0.3, -0.25) is 9.69 Å². The van der Waals surface area contributed by atoms with Crippen LogP contribution < -0.4 is 9.64 Å². The maximum absolute atomic E-state index is 12.9. The van der Waals surface area contributed by atoms with Gasteiger partial charge < -0.3 is 14.5 Å². The molecular formula is C28H35N3O2. The van der Waals surface area contributed by atoms with Crippen LogP contribution in [0.15, 0.2) is 55.1 Å². The molecule has 3 bridgehead atoms. The van der Waals surface area contributed by atoms with Gasteiger partial charge in [0.1, 0.15) is 5.75 Å². The molecule has 5 heteroatoms. The molecule has 1 spiro atoms. The van der Waals surface area contributed by atoms with Crippen LogP contribution in [0.3, 0.4) is 0 Å². The van der Waals surface area contributed by atoms with Crippen LogP contribution in [0.5, 0.6) is 5.75 Å². The molecule has 0 radical (unpaired) electrons. The largest absolute Gasteiger partial charge is 0.496 e. The standard InChI is InChI=1S/C28H35N3O2/c1-5-17-30-23-15-16-28(30)19-21(18-23)26-24(9-8-10-25(26)33-4)31(28)22-13-11-20(12-14-22)27(32)29(6-2)7-3/h5,8-14,21,23H,1,6-7,15-19H2,2-4H3. The summed E-state index contributed by atoms with van der Waals surface area (Å²) in [5.74, 6) is 1.59. The van der Waals surface area contributed by atoms with E-state index in [2.05, 4.69) is 46.7 Å². The Balaban J connectivity index is 1.63. The van der Waals surface area contributed by atoms with E-state index in [1.54, 1.807) is 7.11 Å². The highest BCUT2D eigenvalue weighted by molar-refractivity contribution is 5.94. The first-order valence-corrected chi connectivity index (χ1v) is 12.3. The van der Waals surface area contributed by atoms with Gasteiger partial charge in [-0.05, 0) is 81.8 Å². The Morgan fingerprint density at radius 1 is 1.21 bits per heavy atom. The zero-order valence-electron chi connectivity index (χ0n) is 20.1. The van der Waals surface area contributed by atoms with Gasteiger partial charge in [0.25, 0.3) is 5.91 Å². The number of piperidine rings is 1. The molecule has 1 amide bonds. The Kier molecular flexibility index (Phi) is 5.69. The van der Waals surface area contributed by atoms with E-state index < -0.39 is 0 Å². The Morgan fingerprint density at radius 3 is 2.64 bits per heavy atom. The SMILES string of the molecule is C=CCN1C2CCC13CC(C2)c1c(OC)cccc1N3c1ccc(C(=O)N(CC)CC)cc1. The summed E-state index contributed by atoms with van der Waals surface area (Å²) in [6.45, 7) is 10.5. The van der Waals surface area contributed by atoms with Crippen molar-refractivity contribution >= 4 is 17.3 Å². The third-order valence-corrected chi connectivity index (χ3v) is 8.06. The molecule has 174 valence electrons. The summed E-state index contributed by atoms with van der Waals surface area (Å²) in [6, 6.07) is 15.2. The highest BCUT2D eigenvalue weighted by atomic mass is 16.5. The number of rotatable bonds is 7. The predicted molar refractivity (Wildman–Crippen MR) is 133 cm³/mol. The van der Waals surface area contributed by atoms with Crippen LogP contribution in [-0.2, 0) is 0 Å². The second kappa shape index (κ2) is 8.53. The number of carbonyl (C=O) groups excluding carboxylic acids is 1. The van der Waals surface area contributed by atoms with Crippen molar-refractivity contribution in [2.45, 2.75) is 57.2 Å². The smallest absolute Gasteiger partial charge is 0.253 e. The molecule has 0 aromatic heterocycles. The van der Waals surface area contributed by atoms with E-state index in [1.165, 1.54) is 24.1 Å². The molecular weight excluding hydrogens is 410 g/mol. The van der Waals surface area contributed by atoms with Crippen molar-refractivity contribution in [3.05, 3.63) is 66.2 Å². The van der Waals surface area contributed by atoms with Crippen molar-refractivity contribution in [2.24, 2.45) is 0 Å². The summed E-state index contributed by atoms with van der Waals surface area (Å²) >= 11 is 0. The molecule has 5 nitrogen and oxygen atoms in total. The maximum atomic E-state index is 12.9. The van der Waals surface area contributed by atoms with Crippen molar-refractivity contribution in [2.75, 3.05) is 31.6 Å². The molecule has 0 saturated carbocycles. The lowest BCUT2D eigenvalue weighted by atomic mass is 9.76. The summed E-state index contributed by atoms with van der Waals surface area (Å²) in [6.07, 6.45) is 6.65. The molecule has 5 rings (SSSR count). The number of ether oxygens (including phenoxy) is 1. The average Bonchev–Trinajstić information content (AvgIpc) is 3.06. The van der Waals surface area contributed by atoms with Crippen molar-refractivity contribution in [3.63, 3.8) is 0 Å². The fourth-order valence-corrected chi connectivity index (χ4v) is 6.68. The first-order chi connectivity index (χ1) is 16.1. The van der Waals surface area contributed by atoms with Gasteiger partial charge in [-0.1, -0.05) is 12.1 Å². The number of nitrogens with zero attached hydrogens (tertiary/aromatic N) is 3. The number of fused-ring (bicyclic) bond motifs is 4. The average molecular weight is 446 g/mol. The van der Waals surface area contributed by atoms with Gasteiger partial charge in [-0.2, -0.15) is 0 Å². The minimum atomic E-state index is -0.0640. The molecule has 3 heterocycles. The van der Waals surface area contributed by atoms with Crippen molar-refractivity contribution in [1.82, 2.24) is 9.80 Å².